The van der Waals surface area contributed by atoms with Crippen molar-refractivity contribution in [1.82, 2.24) is 10.2 Å². The molecule has 0 bridgehead atoms. The number of amides is 2. The molecular formula is C28H30ClFN2O2. The summed E-state index contributed by atoms with van der Waals surface area (Å²) >= 11 is 6.19. The molecule has 0 aliphatic heterocycles. The number of hydrogen-bond acceptors (Lipinski definition) is 2. The Kier molecular flexibility index (Phi) is 9.23. The van der Waals surface area contributed by atoms with Crippen molar-refractivity contribution in [3.05, 3.63) is 106 Å². The Hall–Kier alpha value is -3.18. The second kappa shape index (κ2) is 12.3. The first kappa shape index (κ1) is 25.4. The Morgan fingerprint density at radius 2 is 1.59 bits per heavy atom. The molecule has 3 aromatic rings. The van der Waals surface area contributed by atoms with Gasteiger partial charge < -0.3 is 10.2 Å². The third-order valence-corrected chi connectivity index (χ3v) is 5.70. The van der Waals surface area contributed by atoms with Crippen LogP contribution >= 0.6 is 11.6 Å². The van der Waals surface area contributed by atoms with Crippen LogP contribution in [0.5, 0.6) is 0 Å². The molecule has 0 radical (unpaired) electrons. The minimum atomic E-state index is -0.715. The van der Waals surface area contributed by atoms with Gasteiger partial charge in [-0.05, 0) is 46.9 Å². The van der Waals surface area contributed by atoms with E-state index in [2.05, 4.69) is 5.32 Å². The highest BCUT2D eigenvalue weighted by atomic mass is 35.5. The van der Waals surface area contributed by atoms with E-state index in [1.54, 1.807) is 29.2 Å². The van der Waals surface area contributed by atoms with Crippen LogP contribution in [0.15, 0.2) is 78.9 Å². The Bertz CT molecular complexity index is 1090. The number of carbonyl (C=O) groups excluding carboxylic acids is 2. The Morgan fingerprint density at radius 3 is 2.24 bits per heavy atom. The topological polar surface area (TPSA) is 49.4 Å². The van der Waals surface area contributed by atoms with Crippen molar-refractivity contribution < 1.29 is 14.0 Å². The third kappa shape index (κ3) is 7.70. The molecule has 6 heteroatoms. The van der Waals surface area contributed by atoms with E-state index < -0.39 is 6.04 Å². The van der Waals surface area contributed by atoms with Crippen LogP contribution in [0, 0.1) is 11.7 Å². The fourth-order valence-electron chi connectivity index (χ4n) is 3.69. The zero-order valence-corrected chi connectivity index (χ0v) is 20.3. The maximum atomic E-state index is 13.6. The molecule has 3 rings (SSSR count). The number of hydrogen-bond donors (Lipinski definition) is 1. The van der Waals surface area contributed by atoms with Crippen LogP contribution in [-0.2, 0) is 29.0 Å². The lowest BCUT2D eigenvalue weighted by molar-refractivity contribution is -0.140. The number of benzene rings is 3. The van der Waals surface area contributed by atoms with Crippen LogP contribution < -0.4 is 5.32 Å². The fourth-order valence-corrected chi connectivity index (χ4v) is 3.90. The number of halogens is 2. The van der Waals surface area contributed by atoms with E-state index in [0.29, 0.717) is 23.6 Å². The molecule has 1 unspecified atom stereocenters. The van der Waals surface area contributed by atoms with Gasteiger partial charge in [-0.25, -0.2) is 4.39 Å². The van der Waals surface area contributed by atoms with Crippen molar-refractivity contribution in [2.45, 2.75) is 39.3 Å². The molecule has 1 atom stereocenters. The van der Waals surface area contributed by atoms with Gasteiger partial charge in [-0.1, -0.05) is 80.0 Å². The normalized spacial score (nSPS) is 11.8. The van der Waals surface area contributed by atoms with Crippen molar-refractivity contribution >= 4 is 23.4 Å². The van der Waals surface area contributed by atoms with Crippen LogP contribution in [0.2, 0.25) is 5.02 Å². The molecule has 0 aromatic heterocycles. The van der Waals surface area contributed by atoms with Gasteiger partial charge in [0.1, 0.15) is 11.9 Å². The number of nitrogens with zero attached hydrogens (tertiary/aromatic N) is 1. The van der Waals surface area contributed by atoms with Gasteiger partial charge >= 0.3 is 0 Å². The lowest BCUT2D eigenvalue weighted by atomic mass is 10.0. The fraction of sp³-hybridized carbons (Fsp3) is 0.286. The Balaban J connectivity index is 1.94. The van der Waals surface area contributed by atoms with E-state index >= 15 is 0 Å². The predicted molar refractivity (Wildman–Crippen MR) is 134 cm³/mol. The van der Waals surface area contributed by atoms with E-state index in [-0.39, 0.29) is 36.5 Å². The smallest absolute Gasteiger partial charge is 0.243 e. The van der Waals surface area contributed by atoms with E-state index in [1.165, 1.54) is 12.1 Å². The van der Waals surface area contributed by atoms with E-state index in [9.17, 15) is 14.0 Å². The van der Waals surface area contributed by atoms with Crippen LogP contribution in [0.1, 0.15) is 30.5 Å². The molecule has 0 heterocycles. The van der Waals surface area contributed by atoms with Gasteiger partial charge in [0, 0.05) is 24.5 Å². The first-order chi connectivity index (χ1) is 16.3. The second-order valence-electron chi connectivity index (χ2n) is 8.80. The molecule has 0 spiro atoms. The highest BCUT2D eigenvalue weighted by molar-refractivity contribution is 6.30. The average Bonchev–Trinajstić information content (AvgIpc) is 2.82. The standard InChI is InChI=1S/C28H30ClFN2O2/c1-20(2)18-31-28(34)26(16-21-7-4-3-5-8-21)32(19-23-9-6-10-24(29)15-23)27(33)17-22-11-13-25(30)14-12-22/h3-15,20,26H,16-19H2,1-2H3,(H,31,34). The molecule has 34 heavy (non-hydrogen) atoms. The number of nitrogens with one attached hydrogen (secondary N) is 1. The number of rotatable bonds is 10. The van der Waals surface area contributed by atoms with Gasteiger partial charge in [0.25, 0.3) is 0 Å². The SMILES string of the molecule is CC(C)CNC(=O)C(Cc1ccccc1)N(Cc1cccc(Cl)c1)C(=O)Cc1ccc(F)cc1. The summed E-state index contributed by atoms with van der Waals surface area (Å²) in [5.74, 6) is -0.501. The molecule has 0 fully saturated rings. The molecule has 178 valence electrons. The van der Waals surface area contributed by atoms with E-state index in [4.69, 9.17) is 11.6 Å². The van der Waals surface area contributed by atoms with Crippen LogP contribution in [-0.4, -0.2) is 29.3 Å². The van der Waals surface area contributed by atoms with E-state index in [1.807, 2.05) is 56.3 Å². The first-order valence-electron chi connectivity index (χ1n) is 11.4. The molecule has 0 aliphatic rings. The molecule has 1 N–H and O–H groups in total. The molecule has 0 aliphatic carbocycles. The molecular weight excluding hydrogens is 451 g/mol. The van der Waals surface area contributed by atoms with Gasteiger partial charge in [0.2, 0.25) is 11.8 Å². The highest BCUT2D eigenvalue weighted by Crippen LogP contribution is 2.19. The summed E-state index contributed by atoms with van der Waals surface area (Å²) in [6.45, 7) is 4.79. The quantitative estimate of drug-likeness (QED) is 0.420. The van der Waals surface area contributed by atoms with Crippen LogP contribution in [0.25, 0.3) is 0 Å². The highest BCUT2D eigenvalue weighted by Gasteiger charge is 2.30. The summed E-state index contributed by atoms with van der Waals surface area (Å²) in [5.41, 5.74) is 2.47. The zero-order chi connectivity index (χ0) is 24.5. The van der Waals surface area contributed by atoms with Crippen LogP contribution in [0.4, 0.5) is 4.39 Å². The molecule has 4 nitrogen and oxygen atoms in total. The largest absolute Gasteiger partial charge is 0.354 e. The zero-order valence-electron chi connectivity index (χ0n) is 19.5. The average molecular weight is 481 g/mol. The lowest BCUT2D eigenvalue weighted by Gasteiger charge is -2.32. The summed E-state index contributed by atoms with van der Waals surface area (Å²) in [7, 11) is 0. The number of carbonyl (C=O) groups is 2. The predicted octanol–water partition coefficient (Wildman–Crippen LogP) is 5.43. The minimum absolute atomic E-state index is 0.0591. The molecule has 2 amide bonds. The van der Waals surface area contributed by atoms with Gasteiger partial charge in [-0.3, -0.25) is 9.59 Å². The first-order valence-corrected chi connectivity index (χ1v) is 11.8. The van der Waals surface area contributed by atoms with Gasteiger partial charge in [0.15, 0.2) is 0 Å². The Morgan fingerprint density at radius 1 is 0.912 bits per heavy atom. The van der Waals surface area contributed by atoms with Crippen molar-refractivity contribution in [3.8, 4) is 0 Å². The maximum absolute atomic E-state index is 13.6. The second-order valence-corrected chi connectivity index (χ2v) is 9.24. The summed E-state index contributed by atoms with van der Waals surface area (Å²) < 4.78 is 13.4. The van der Waals surface area contributed by atoms with Crippen molar-refractivity contribution in [2.24, 2.45) is 5.92 Å². The molecule has 0 saturated heterocycles. The summed E-state index contributed by atoms with van der Waals surface area (Å²) in [4.78, 5) is 28.6. The third-order valence-electron chi connectivity index (χ3n) is 5.47. The molecule has 0 saturated carbocycles. The van der Waals surface area contributed by atoms with Crippen molar-refractivity contribution in [1.29, 1.82) is 0 Å². The van der Waals surface area contributed by atoms with Gasteiger partial charge in [0.05, 0.1) is 6.42 Å². The van der Waals surface area contributed by atoms with Crippen LogP contribution in [0.3, 0.4) is 0 Å². The van der Waals surface area contributed by atoms with Crippen molar-refractivity contribution in [3.63, 3.8) is 0 Å². The van der Waals surface area contributed by atoms with Gasteiger partial charge in [-0.2, -0.15) is 0 Å². The van der Waals surface area contributed by atoms with E-state index in [0.717, 1.165) is 11.1 Å². The minimum Gasteiger partial charge on any atom is -0.354 e. The van der Waals surface area contributed by atoms with Gasteiger partial charge in [-0.15, -0.1) is 0 Å². The maximum Gasteiger partial charge on any atom is 0.243 e. The monoisotopic (exact) mass is 480 g/mol. The summed E-state index contributed by atoms with van der Waals surface area (Å²) in [6.07, 6.45) is 0.435. The summed E-state index contributed by atoms with van der Waals surface area (Å²) in [5, 5.41) is 3.56. The summed E-state index contributed by atoms with van der Waals surface area (Å²) in [6, 6.07) is 22.1. The molecule has 3 aromatic carbocycles. The van der Waals surface area contributed by atoms with Crippen molar-refractivity contribution in [2.75, 3.05) is 6.54 Å². The lowest BCUT2D eigenvalue weighted by Crippen LogP contribution is -2.51. The Labute approximate surface area is 205 Å².